The summed E-state index contributed by atoms with van der Waals surface area (Å²) in [6, 6.07) is 6.46. The van der Waals surface area contributed by atoms with Gasteiger partial charge in [-0.1, -0.05) is 12.1 Å². The van der Waals surface area contributed by atoms with Crippen LogP contribution >= 0.6 is 11.6 Å². The Morgan fingerprint density at radius 1 is 1.33 bits per heavy atom. The molecule has 102 valence electrons. The molecule has 0 aliphatic carbocycles. The molecule has 1 aromatic rings. The Kier molecular flexibility index (Phi) is 6.08. The van der Waals surface area contributed by atoms with Gasteiger partial charge in [0.15, 0.2) is 0 Å². The van der Waals surface area contributed by atoms with Crippen molar-refractivity contribution < 1.29 is 13.2 Å². The summed E-state index contributed by atoms with van der Waals surface area (Å²) in [7, 11) is -1.94. The van der Waals surface area contributed by atoms with E-state index in [-0.39, 0.29) is 10.9 Å². The number of hydrogen-bond acceptors (Lipinski definition) is 3. The van der Waals surface area contributed by atoms with Gasteiger partial charge in [-0.05, 0) is 31.0 Å². The van der Waals surface area contributed by atoms with E-state index in [1.54, 1.807) is 31.2 Å². The first kappa shape index (κ1) is 15.4. The van der Waals surface area contributed by atoms with Crippen LogP contribution in [0.5, 0.6) is 0 Å². The van der Waals surface area contributed by atoms with Crippen LogP contribution in [0.4, 0.5) is 0 Å². The highest BCUT2D eigenvalue weighted by atomic mass is 35.5. The van der Waals surface area contributed by atoms with E-state index in [0.29, 0.717) is 12.5 Å². The van der Waals surface area contributed by atoms with Gasteiger partial charge in [0.2, 0.25) is 10.0 Å². The molecule has 1 N–H and O–H groups in total. The van der Waals surface area contributed by atoms with Gasteiger partial charge in [0.25, 0.3) is 0 Å². The first-order valence-corrected chi connectivity index (χ1v) is 7.67. The van der Waals surface area contributed by atoms with Crippen LogP contribution in [0.25, 0.3) is 0 Å². The van der Waals surface area contributed by atoms with Crippen molar-refractivity contribution in [3.63, 3.8) is 0 Å². The molecule has 4 nitrogen and oxygen atoms in total. The molecule has 0 saturated carbocycles. The van der Waals surface area contributed by atoms with E-state index in [0.717, 1.165) is 12.0 Å². The number of aryl methyl sites for hydroxylation is 1. The molecule has 1 atom stereocenters. The first-order chi connectivity index (χ1) is 8.49. The number of benzene rings is 1. The fraction of sp³-hybridized carbons (Fsp3) is 0.500. The monoisotopic (exact) mass is 291 g/mol. The van der Waals surface area contributed by atoms with E-state index in [4.69, 9.17) is 16.3 Å². The number of halogens is 1. The standard InChI is InChI=1S/C12H18ClNO3S/c1-10(9-17-2)14-18(15,16)12-5-3-11(4-6-12)7-8-13/h3-6,10,14H,7-9H2,1-2H3. The van der Waals surface area contributed by atoms with Gasteiger partial charge in [-0.2, -0.15) is 0 Å². The maximum absolute atomic E-state index is 12.0. The Labute approximate surface area is 113 Å². The third kappa shape index (κ3) is 4.57. The highest BCUT2D eigenvalue weighted by Gasteiger charge is 2.16. The fourth-order valence-corrected chi connectivity index (χ4v) is 3.01. The highest BCUT2D eigenvalue weighted by molar-refractivity contribution is 7.89. The maximum Gasteiger partial charge on any atom is 0.240 e. The van der Waals surface area contributed by atoms with Crippen molar-refractivity contribution in [2.24, 2.45) is 0 Å². The molecule has 0 amide bonds. The molecular weight excluding hydrogens is 274 g/mol. The smallest absolute Gasteiger partial charge is 0.240 e. The van der Waals surface area contributed by atoms with Crippen molar-refractivity contribution in [1.82, 2.24) is 4.72 Å². The zero-order valence-electron chi connectivity index (χ0n) is 10.5. The lowest BCUT2D eigenvalue weighted by Gasteiger charge is -2.13. The van der Waals surface area contributed by atoms with E-state index in [2.05, 4.69) is 4.72 Å². The average Bonchev–Trinajstić information content (AvgIpc) is 2.29. The van der Waals surface area contributed by atoms with E-state index < -0.39 is 10.0 Å². The van der Waals surface area contributed by atoms with Gasteiger partial charge in [0.05, 0.1) is 11.5 Å². The van der Waals surface area contributed by atoms with Crippen LogP contribution in [-0.2, 0) is 21.2 Å². The van der Waals surface area contributed by atoms with Gasteiger partial charge in [-0.15, -0.1) is 11.6 Å². The van der Waals surface area contributed by atoms with Crippen LogP contribution in [0.15, 0.2) is 29.2 Å². The molecule has 0 fully saturated rings. The number of ether oxygens (including phenoxy) is 1. The summed E-state index contributed by atoms with van der Waals surface area (Å²) in [5.74, 6) is 0.523. The van der Waals surface area contributed by atoms with Crippen LogP contribution in [0.1, 0.15) is 12.5 Å². The van der Waals surface area contributed by atoms with Crippen molar-refractivity contribution in [3.8, 4) is 0 Å². The Morgan fingerprint density at radius 3 is 2.44 bits per heavy atom. The Hall–Kier alpha value is -0.620. The topological polar surface area (TPSA) is 55.4 Å². The maximum atomic E-state index is 12.0. The molecule has 0 heterocycles. The normalized spacial score (nSPS) is 13.5. The van der Waals surface area contributed by atoms with E-state index >= 15 is 0 Å². The Balaban J connectivity index is 2.78. The number of hydrogen-bond donors (Lipinski definition) is 1. The molecule has 1 rings (SSSR count). The third-order valence-electron chi connectivity index (χ3n) is 2.39. The van der Waals surface area contributed by atoms with Crippen LogP contribution in [0.2, 0.25) is 0 Å². The third-order valence-corrected chi connectivity index (χ3v) is 4.18. The summed E-state index contributed by atoms with van der Waals surface area (Å²) < 4.78 is 31.4. The molecule has 1 unspecified atom stereocenters. The molecule has 0 bridgehead atoms. The molecule has 6 heteroatoms. The van der Waals surface area contributed by atoms with Crippen molar-refractivity contribution in [2.75, 3.05) is 19.6 Å². The number of nitrogens with one attached hydrogen (secondary N) is 1. The summed E-state index contributed by atoms with van der Waals surface area (Å²) >= 11 is 5.62. The number of methoxy groups -OCH3 is 1. The molecule has 0 spiro atoms. The summed E-state index contributed by atoms with van der Waals surface area (Å²) in [6.07, 6.45) is 0.732. The van der Waals surface area contributed by atoms with Gasteiger partial charge in [0, 0.05) is 19.0 Å². The largest absolute Gasteiger partial charge is 0.383 e. The Morgan fingerprint density at radius 2 is 1.94 bits per heavy atom. The fourth-order valence-electron chi connectivity index (χ4n) is 1.56. The van der Waals surface area contributed by atoms with E-state index in [1.807, 2.05) is 0 Å². The predicted octanol–water partition coefficient (Wildman–Crippen LogP) is 1.78. The molecule has 0 aliphatic heterocycles. The van der Waals surface area contributed by atoms with Crippen molar-refractivity contribution >= 4 is 21.6 Å². The molecule has 0 saturated heterocycles. The second kappa shape index (κ2) is 7.09. The Bertz CT molecular complexity index is 459. The van der Waals surface area contributed by atoms with Crippen molar-refractivity contribution in [1.29, 1.82) is 0 Å². The van der Waals surface area contributed by atoms with Gasteiger partial charge in [-0.25, -0.2) is 13.1 Å². The van der Waals surface area contributed by atoms with E-state index in [1.165, 1.54) is 7.11 Å². The van der Waals surface area contributed by atoms with Crippen LogP contribution in [0.3, 0.4) is 0 Å². The number of rotatable bonds is 7. The number of alkyl halides is 1. The molecule has 0 radical (unpaired) electrons. The lowest BCUT2D eigenvalue weighted by molar-refractivity contribution is 0.180. The predicted molar refractivity (Wildman–Crippen MR) is 72.5 cm³/mol. The van der Waals surface area contributed by atoms with Gasteiger partial charge in [0.1, 0.15) is 0 Å². The van der Waals surface area contributed by atoms with Gasteiger partial charge < -0.3 is 4.74 Å². The summed E-state index contributed by atoms with van der Waals surface area (Å²) in [4.78, 5) is 0.253. The molecule has 0 aromatic heterocycles. The van der Waals surface area contributed by atoms with Gasteiger partial charge in [-0.3, -0.25) is 0 Å². The molecular formula is C12H18ClNO3S. The minimum absolute atomic E-state index is 0.253. The van der Waals surface area contributed by atoms with Gasteiger partial charge >= 0.3 is 0 Å². The average molecular weight is 292 g/mol. The summed E-state index contributed by atoms with van der Waals surface area (Å²) in [5.41, 5.74) is 1.02. The van der Waals surface area contributed by atoms with E-state index in [9.17, 15) is 8.42 Å². The summed E-state index contributed by atoms with van der Waals surface area (Å²) in [6.45, 7) is 2.09. The SMILES string of the molecule is COCC(C)NS(=O)(=O)c1ccc(CCCl)cc1. The van der Waals surface area contributed by atoms with Crippen LogP contribution in [0, 0.1) is 0 Å². The van der Waals surface area contributed by atoms with Crippen molar-refractivity contribution in [3.05, 3.63) is 29.8 Å². The quantitative estimate of drug-likeness (QED) is 0.779. The zero-order valence-corrected chi connectivity index (χ0v) is 12.1. The molecule has 1 aromatic carbocycles. The highest BCUT2D eigenvalue weighted by Crippen LogP contribution is 2.12. The second-order valence-corrected chi connectivity index (χ2v) is 6.15. The zero-order chi connectivity index (χ0) is 13.6. The first-order valence-electron chi connectivity index (χ1n) is 5.65. The number of sulfonamides is 1. The van der Waals surface area contributed by atoms with Crippen LogP contribution in [-0.4, -0.2) is 34.1 Å². The molecule has 18 heavy (non-hydrogen) atoms. The minimum atomic E-state index is -3.48. The van der Waals surface area contributed by atoms with Crippen LogP contribution < -0.4 is 4.72 Å². The second-order valence-electron chi connectivity index (χ2n) is 4.06. The lowest BCUT2D eigenvalue weighted by atomic mass is 10.2. The minimum Gasteiger partial charge on any atom is -0.383 e. The summed E-state index contributed by atoms with van der Waals surface area (Å²) in [5, 5.41) is 0. The lowest BCUT2D eigenvalue weighted by Crippen LogP contribution is -2.35. The van der Waals surface area contributed by atoms with Crippen molar-refractivity contribution in [2.45, 2.75) is 24.3 Å². The molecule has 0 aliphatic rings.